The van der Waals surface area contributed by atoms with Crippen LogP contribution < -0.4 is 0 Å². The molecule has 0 aromatic heterocycles. The molecule has 2 atom stereocenters. The maximum Gasteiger partial charge on any atom is 0.194 e. The monoisotopic (exact) mass is 232 g/mol. The van der Waals surface area contributed by atoms with E-state index < -0.39 is 17.5 Å². The zero-order chi connectivity index (χ0) is 12.3. The lowest BCUT2D eigenvalue weighted by Crippen LogP contribution is -2.14. The topological polar surface area (TPSA) is 20.2 Å². The number of benzene rings is 1. The van der Waals surface area contributed by atoms with Crippen molar-refractivity contribution in [3.8, 4) is 0 Å². The minimum atomic E-state index is -1.47. The smallest absolute Gasteiger partial charge is 0.194 e. The van der Waals surface area contributed by atoms with Crippen LogP contribution in [0.4, 0.5) is 13.2 Å². The molecule has 90 valence electrons. The van der Waals surface area contributed by atoms with E-state index in [1.165, 1.54) is 0 Å². The van der Waals surface area contributed by atoms with E-state index in [9.17, 15) is 18.3 Å². The minimum Gasteiger partial charge on any atom is -0.396 e. The summed E-state index contributed by atoms with van der Waals surface area (Å²) >= 11 is 0. The Labute approximate surface area is 92.9 Å². The molecule has 0 bridgehead atoms. The Morgan fingerprint density at radius 1 is 1.19 bits per heavy atom. The van der Waals surface area contributed by atoms with Crippen molar-refractivity contribution in [3.05, 3.63) is 35.1 Å². The van der Waals surface area contributed by atoms with Crippen molar-refractivity contribution in [2.75, 3.05) is 6.61 Å². The van der Waals surface area contributed by atoms with Crippen LogP contribution in [0.25, 0.3) is 0 Å². The van der Waals surface area contributed by atoms with Gasteiger partial charge in [0.1, 0.15) is 0 Å². The summed E-state index contributed by atoms with van der Waals surface area (Å²) in [7, 11) is 0. The number of hydrogen-bond donors (Lipinski definition) is 1. The van der Waals surface area contributed by atoms with Crippen LogP contribution in [0.2, 0.25) is 0 Å². The summed E-state index contributed by atoms with van der Waals surface area (Å²) < 4.78 is 38.8. The summed E-state index contributed by atoms with van der Waals surface area (Å²) in [5, 5.41) is 9.19. The number of halogens is 3. The first-order chi connectivity index (χ1) is 7.51. The molecule has 16 heavy (non-hydrogen) atoms. The molecular formula is C12H15F3O. The molecule has 4 heteroatoms. The largest absolute Gasteiger partial charge is 0.396 e. The van der Waals surface area contributed by atoms with E-state index in [2.05, 4.69) is 0 Å². The van der Waals surface area contributed by atoms with Gasteiger partial charge in [-0.05, 0) is 23.6 Å². The normalized spacial score (nSPS) is 14.9. The van der Waals surface area contributed by atoms with Gasteiger partial charge >= 0.3 is 0 Å². The summed E-state index contributed by atoms with van der Waals surface area (Å²) in [6, 6.07) is 1.90. The van der Waals surface area contributed by atoms with E-state index in [0.29, 0.717) is 5.56 Å². The van der Waals surface area contributed by atoms with Crippen molar-refractivity contribution in [1.82, 2.24) is 0 Å². The van der Waals surface area contributed by atoms with Crippen LogP contribution in [0.15, 0.2) is 12.1 Å². The molecule has 0 amide bonds. The molecule has 0 radical (unpaired) electrons. The predicted molar refractivity (Wildman–Crippen MR) is 55.6 cm³/mol. The standard InChI is InChI=1S/C12H15F3O/c1-3-7(2)9(6-16)8-4-10(13)12(15)11(14)5-8/h4-5,7,9,16H,3,6H2,1-2H3. The van der Waals surface area contributed by atoms with Crippen LogP contribution in [0.1, 0.15) is 31.7 Å². The van der Waals surface area contributed by atoms with Crippen molar-refractivity contribution in [2.45, 2.75) is 26.2 Å². The fourth-order valence-corrected chi connectivity index (χ4v) is 1.69. The van der Waals surface area contributed by atoms with Gasteiger partial charge in [-0.3, -0.25) is 0 Å². The highest BCUT2D eigenvalue weighted by atomic mass is 19.2. The third kappa shape index (κ3) is 2.55. The van der Waals surface area contributed by atoms with E-state index in [0.717, 1.165) is 18.6 Å². The Kier molecular flexibility index (Phi) is 4.35. The molecular weight excluding hydrogens is 217 g/mol. The van der Waals surface area contributed by atoms with E-state index in [1.54, 1.807) is 0 Å². The first-order valence-electron chi connectivity index (χ1n) is 5.26. The van der Waals surface area contributed by atoms with Crippen LogP contribution >= 0.6 is 0 Å². The van der Waals surface area contributed by atoms with Gasteiger partial charge in [0, 0.05) is 5.92 Å². The first kappa shape index (κ1) is 13.0. The summed E-state index contributed by atoms with van der Waals surface area (Å²) in [6.07, 6.45) is 0.770. The predicted octanol–water partition coefficient (Wildman–Crippen LogP) is 3.23. The van der Waals surface area contributed by atoms with Crippen LogP contribution in [-0.2, 0) is 0 Å². The molecule has 0 aliphatic carbocycles. The van der Waals surface area contributed by atoms with Crippen LogP contribution in [0.5, 0.6) is 0 Å². The van der Waals surface area contributed by atoms with E-state index in [1.807, 2.05) is 13.8 Å². The number of aliphatic hydroxyl groups is 1. The number of aliphatic hydroxyl groups excluding tert-OH is 1. The molecule has 1 nitrogen and oxygen atoms in total. The van der Waals surface area contributed by atoms with E-state index >= 15 is 0 Å². The maximum absolute atomic E-state index is 13.0. The fourth-order valence-electron chi connectivity index (χ4n) is 1.69. The van der Waals surface area contributed by atoms with Gasteiger partial charge < -0.3 is 5.11 Å². The van der Waals surface area contributed by atoms with Crippen LogP contribution in [0.3, 0.4) is 0 Å². The minimum absolute atomic E-state index is 0.0780. The Hall–Kier alpha value is -1.03. The summed E-state index contributed by atoms with van der Waals surface area (Å²) in [6.45, 7) is 3.59. The van der Waals surface area contributed by atoms with Gasteiger partial charge in [-0.25, -0.2) is 13.2 Å². The Morgan fingerprint density at radius 3 is 2.06 bits per heavy atom. The molecule has 0 saturated carbocycles. The highest BCUT2D eigenvalue weighted by Crippen LogP contribution is 2.28. The van der Waals surface area contributed by atoms with Gasteiger partial charge in [-0.2, -0.15) is 0 Å². The van der Waals surface area contributed by atoms with Gasteiger partial charge in [-0.1, -0.05) is 20.3 Å². The van der Waals surface area contributed by atoms with E-state index in [-0.39, 0.29) is 18.4 Å². The molecule has 0 spiro atoms. The highest BCUT2D eigenvalue weighted by Gasteiger charge is 2.20. The van der Waals surface area contributed by atoms with Crippen molar-refractivity contribution in [2.24, 2.45) is 5.92 Å². The number of hydrogen-bond acceptors (Lipinski definition) is 1. The summed E-state index contributed by atoms with van der Waals surface area (Å²) in [5.74, 6) is -4.18. The van der Waals surface area contributed by atoms with Crippen molar-refractivity contribution in [1.29, 1.82) is 0 Å². The van der Waals surface area contributed by atoms with Gasteiger partial charge in [-0.15, -0.1) is 0 Å². The molecule has 0 saturated heterocycles. The van der Waals surface area contributed by atoms with Gasteiger partial charge in [0.2, 0.25) is 0 Å². The lowest BCUT2D eigenvalue weighted by molar-refractivity contribution is 0.228. The molecule has 1 rings (SSSR count). The third-order valence-corrected chi connectivity index (χ3v) is 2.96. The second kappa shape index (κ2) is 5.34. The third-order valence-electron chi connectivity index (χ3n) is 2.96. The SMILES string of the molecule is CCC(C)C(CO)c1cc(F)c(F)c(F)c1. The Bertz CT molecular complexity index is 342. The van der Waals surface area contributed by atoms with Crippen molar-refractivity contribution >= 4 is 0 Å². The van der Waals surface area contributed by atoms with Crippen LogP contribution in [-0.4, -0.2) is 11.7 Å². The zero-order valence-electron chi connectivity index (χ0n) is 9.30. The Balaban J connectivity index is 3.11. The average molecular weight is 232 g/mol. The fraction of sp³-hybridized carbons (Fsp3) is 0.500. The lowest BCUT2D eigenvalue weighted by atomic mass is 9.86. The van der Waals surface area contributed by atoms with Crippen LogP contribution in [0, 0.1) is 23.4 Å². The molecule has 2 unspecified atom stereocenters. The molecule has 0 aliphatic rings. The van der Waals surface area contributed by atoms with Gasteiger partial charge in [0.25, 0.3) is 0 Å². The zero-order valence-corrected chi connectivity index (χ0v) is 9.30. The lowest BCUT2D eigenvalue weighted by Gasteiger charge is -2.21. The maximum atomic E-state index is 13.0. The molecule has 1 N–H and O–H groups in total. The van der Waals surface area contributed by atoms with Gasteiger partial charge in [0.05, 0.1) is 6.61 Å². The Morgan fingerprint density at radius 2 is 1.69 bits per heavy atom. The second-order valence-corrected chi connectivity index (χ2v) is 3.97. The molecule has 1 aromatic carbocycles. The molecule has 0 fully saturated rings. The average Bonchev–Trinajstić information content (AvgIpc) is 2.26. The first-order valence-corrected chi connectivity index (χ1v) is 5.26. The van der Waals surface area contributed by atoms with Crippen molar-refractivity contribution < 1.29 is 18.3 Å². The summed E-state index contributed by atoms with van der Waals surface area (Å²) in [4.78, 5) is 0. The molecule has 1 aromatic rings. The molecule has 0 heterocycles. The van der Waals surface area contributed by atoms with Gasteiger partial charge in [0.15, 0.2) is 17.5 Å². The van der Waals surface area contributed by atoms with E-state index in [4.69, 9.17) is 0 Å². The summed E-state index contributed by atoms with van der Waals surface area (Å²) in [5.41, 5.74) is 0.299. The molecule has 0 aliphatic heterocycles. The number of rotatable bonds is 4. The highest BCUT2D eigenvalue weighted by molar-refractivity contribution is 5.23. The van der Waals surface area contributed by atoms with Crippen molar-refractivity contribution in [3.63, 3.8) is 0 Å². The quantitative estimate of drug-likeness (QED) is 0.790. The second-order valence-electron chi connectivity index (χ2n) is 3.97.